The van der Waals surface area contributed by atoms with Crippen LogP contribution in [-0.4, -0.2) is 15.7 Å². The van der Waals surface area contributed by atoms with Gasteiger partial charge in [0.05, 0.1) is 17.8 Å². The zero-order valence-corrected chi connectivity index (χ0v) is 12.7. The molecular formula is C18H16FN3O. The van der Waals surface area contributed by atoms with Crippen molar-refractivity contribution in [3.05, 3.63) is 77.7 Å². The Balaban J connectivity index is 1.77. The molecule has 0 bridgehead atoms. The highest BCUT2D eigenvalue weighted by atomic mass is 19.1. The molecule has 23 heavy (non-hydrogen) atoms. The molecular weight excluding hydrogens is 293 g/mol. The van der Waals surface area contributed by atoms with Crippen molar-refractivity contribution in [3.63, 3.8) is 0 Å². The predicted octanol–water partition coefficient (Wildman–Crippen LogP) is 3.50. The molecule has 2 aromatic carbocycles. The van der Waals surface area contributed by atoms with Gasteiger partial charge in [0.1, 0.15) is 11.6 Å². The van der Waals surface area contributed by atoms with Crippen molar-refractivity contribution in [3.8, 4) is 5.69 Å². The van der Waals surface area contributed by atoms with Gasteiger partial charge in [-0.05, 0) is 36.8 Å². The first-order chi connectivity index (χ1) is 11.1. The largest absolute Gasteiger partial charge is 0.310 e. The number of hydrogen-bond donors (Lipinski definition) is 1. The maximum atomic E-state index is 12.9. The lowest BCUT2D eigenvalue weighted by molar-refractivity contribution is -0.115. The van der Waals surface area contributed by atoms with E-state index in [1.807, 2.05) is 43.3 Å². The van der Waals surface area contributed by atoms with E-state index < -0.39 is 0 Å². The summed E-state index contributed by atoms with van der Waals surface area (Å²) >= 11 is 0. The molecule has 0 saturated heterocycles. The van der Waals surface area contributed by atoms with E-state index in [1.165, 1.54) is 12.1 Å². The molecule has 4 nitrogen and oxygen atoms in total. The SMILES string of the molecule is Cc1cc(NC(=O)Cc2ccc(F)cc2)n(-c2ccccc2)n1. The van der Waals surface area contributed by atoms with Gasteiger partial charge in [-0.3, -0.25) is 4.79 Å². The summed E-state index contributed by atoms with van der Waals surface area (Å²) in [6.45, 7) is 1.87. The second-order valence-corrected chi connectivity index (χ2v) is 5.27. The number of carbonyl (C=O) groups excluding carboxylic acids is 1. The Morgan fingerprint density at radius 2 is 1.83 bits per heavy atom. The summed E-state index contributed by atoms with van der Waals surface area (Å²) < 4.78 is 14.6. The van der Waals surface area contributed by atoms with Crippen LogP contribution in [0.3, 0.4) is 0 Å². The van der Waals surface area contributed by atoms with Crippen molar-refractivity contribution in [2.45, 2.75) is 13.3 Å². The maximum Gasteiger partial charge on any atom is 0.229 e. The number of benzene rings is 2. The quantitative estimate of drug-likeness (QED) is 0.802. The Bertz CT molecular complexity index is 810. The van der Waals surface area contributed by atoms with Crippen molar-refractivity contribution >= 4 is 11.7 Å². The number of carbonyl (C=O) groups is 1. The Hall–Kier alpha value is -2.95. The van der Waals surface area contributed by atoms with Gasteiger partial charge >= 0.3 is 0 Å². The summed E-state index contributed by atoms with van der Waals surface area (Å²) in [5.74, 6) is 0.126. The van der Waals surface area contributed by atoms with Crippen molar-refractivity contribution in [1.82, 2.24) is 9.78 Å². The molecule has 0 spiro atoms. The van der Waals surface area contributed by atoms with E-state index in [1.54, 1.807) is 16.8 Å². The van der Waals surface area contributed by atoms with E-state index >= 15 is 0 Å². The first kappa shape index (κ1) is 15.0. The van der Waals surface area contributed by atoms with Crippen molar-refractivity contribution in [2.75, 3.05) is 5.32 Å². The summed E-state index contributed by atoms with van der Waals surface area (Å²) in [6.07, 6.45) is 0.180. The van der Waals surface area contributed by atoms with Crippen LogP contribution in [0.1, 0.15) is 11.3 Å². The highest BCUT2D eigenvalue weighted by molar-refractivity contribution is 5.91. The maximum absolute atomic E-state index is 12.9. The molecule has 116 valence electrons. The number of aromatic nitrogens is 2. The molecule has 0 atom stereocenters. The monoisotopic (exact) mass is 309 g/mol. The molecule has 0 radical (unpaired) electrons. The van der Waals surface area contributed by atoms with Crippen LogP contribution in [0.5, 0.6) is 0 Å². The number of amides is 1. The Labute approximate surface area is 133 Å². The van der Waals surface area contributed by atoms with E-state index in [0.29, 0.717) is 5.82 Å². The summed E-state index contributed by atoms with van der Waals surface area (Å²) in [5, 5.41) is 7.27. The lowest BCUT2D eigenvalue weighted by Gasteiger charge is -2.09. The summed E-state index contributed by atoms with van der Waals surface area (Å²) in [7, 11) is 0. The molecule has 1 aromatic heterocycles. The fraction of sp³-hybridized carbons (Fsp3) is 0.111. The number of nitrogens with one attached hydrogen (secondary N) is 1. The number of anilines is 1. The number of halogens is 1. The van der Waals surface area contributed by atoms with Crippen LogP contribution in [0.15, 0.2) is 60.7 Å². The third-order valence-electron chi connectivity index (χ3n) is 3.38. The van der Waals surface area contributed by atoms with E-state index in [0.717, 1.165) is 16.9 Å². The predicted molar refractivity (Wildman–Crippen MR) is 87.0 cm³/mol. The van der Waals surface area contributed by atoms with Gasteiger partial charge in [0.15, 0.2) is 0 Å². The fourth-order valence-electron chi connectivity index (χ4n) is 2.33. The first-order valence-corrected chi connectivity index (χ1v) is 7.28. The smallest absolute Gasteiger partial charge is 0.229 e. The van der Waals surface area contributed by atoms with Crippen LogP contribution in [0.2, 0.25) is 0 Å². The highest BCUT2D eigenvalue weighted by Crippen LogP contribution is 2.17. The summed E-state index contributed by atoms with van der Waals surface area (Å²) in [4.78, 5) is 12.2. The fourth-order valence-corrected chi connectivity index (χ4v) is 2.33. The van der Waals surface area contributed by atoms with Gasteiger partial charge in [-0.2, -0.15) is 5.10 Å². The zero-order chi connectivity index (χ0) is 16.2. The molecule has 1 amide bonds. The molecule has 0 saturated carbocycles. The summed E-state index contributed by atoms with van der Waals surface area (Å²) in [6, 6.07) is 17.3. The normalized spacial score (nSPS) is 10.5. The average Bonchev–Trinajstić information content (AvgIpc) is 2.91. The van der Waals surface area contributed by atoms with Gasteiger partial charge in [0.2, 0.25) is 5.91 Å². The van der Waals surface area contributed by atoms with E-state index in [9.17, 15) is 9.18 Å². The van der Waals surface area contributed by atoms with Crippen LogP contribution in [0.25, 0.3) is 5.69 Å². The molecule has 0 aliphatic carbocycles. The number of para-hydroxylation sites is 1. The van der Waals surface area contributed by atoms with E-state index in [2.05, 4.69) is 10.4 Å². The molecule has 0 fully saturated rings. The molecule has 0 unspecified atom stereocenters. The Morgan fingerprint density at radius 1 is 1.13 bits per heavy atom. The van der Waals surface area contributed by atoms with Crippen LogP contribution in [0, 0.1) is 12.7 Å². The third kappa shape index (κ3) is 3.63. The Morgan fingerprint density at radius 3 is 2.52 bits per heavy atom. The summed E-state index contributed by atoms with van der Waals surface area (Å²) in [5.41, 5.74) is 2.44. The van der Waals surface area contributed by atoms with Gasteiger partial charge < -0.3 is 5.32 Å². The van der Waals surface area contributed by atoms with E-state index in [-0.39, 0.29) is 18.1 Å². The van der Waals surface area contributed by atoms with Gasteiger partial charge in [0.25, 0.3) is 0 Å². The minimum atomic E-state index is -0.313. The lowest BCUT2D eigenvalue weighted by Crippen LogP contribution is -2.17. The molecule has 3 aromatic rings. The zero-order valence-electron chi connectivity index (χ0n) is 12.7. The second kappa shape index (κ2) is 6.44. The molecule has 0 aliphatic heterocycles. The molecule has 5 heteroatoms. The van der Waals surface area contributed by atoms with Crippen LogP contribution in [-0.2, 0) is 11.2 Å². The van der Waals surface area contributed by atoms with Gasteiger partial charge in [-0.1, -0.05) is 30.3 Å². The standard InChI is InChI=1S/C18H16FN3O/c1-13-11-17(22(21-13)16-5-3-2-4-6-16)20-18(23)12-14-7-9-15(19)10-8-14/h2-11H,12H2,1H3,(H,20,23). The minimum absolute atomic E-state index is 0.173. The molecule has 0 aliphatic rings. The highest BCUT2D eigenvalue weighted by Gasteiger charge is 2.11. The Kier molecular flexibility index (Phi) is 4.19. The van der Waals surface area contributed by atoms with Crippen LogP contribution >= 0.6 is 0 Å². The molecule has 3 rings (SSSR count). The van der Waals surface area contributed by atoms with Gasteiger partial charge in [-0.15, -0.1) is 0 Å². The van der Waals surface area contributed by atoms with Crippen LogP contribution < -0.4 is 5.32 Å². The third-order valence-corrected chi connectivity index (χ3v) is 3.38. The van der Waals surface area contributed by atoms with Crippen LogP contribution in [0.4, 0.5) is 10.2 Å². The van der Waals surface area contributed by atoms with Crippen molar-refractivity contribution in [2.24, 2.45) is 0 Å². The van der Waals surface area contributed by atoms with Gasteiger partial charge in [0, 0.05) is 6.07 Å². The molecule has 1 N–H and O–H groups in total. The number of aryl methyl sites for hydroxylation is 1. The lowest BCUT2D eigenvalue weighted by atomic mass is 10.1. The first-order valence-electron chi connectivity index (χ1n) is 7.28. The number of hydrogen-bond acceptors (Lipinski definition) is 2. The average molecular weight is 309 g/mol. The van der Waals surface area contributed by atoms with Gasteiger partial charge in [-0.25, -0.2) is 9.07 Å². The van der Waals surface area contributed by atoms with Crippen molar-refractivity contribution in [1.29, 1.82) is 0 Å². The second-order valence-electron chi connectivity index (χ2n) is 5.27. The van der Waals surface area contributed by atoms with E-state index in [4.69, 9.17) is 0 Å². The van der Waals surface area contributed by atoms with Crippen molar-refractivity contribution < 1.29 is 9.18 Å². The minimum Gasteiger partial charge on any atom is -0.310 e. The number of rotatable bonds is 4. The molecule has 1 heterocycles. The number of nitrogens with zero attached hydrogens (tertiary/aromatic N) is 2. The topological polar surface area (TPSA) is 46.9 Å².